The number of nitrogens with one attached hydrogen (secondary N) is 1. The molecule has 0 radical (unpaired) electrons. The summed E-state index contributed by atoms with van der Waals surface area (Å²) in [5.74, 6) is -0.743. The second-order valence-corrected chi connectivity index (χ2v) is 10.5. The Morgan fingerprint density at radius 2 is 1.73 bits per heavy atom. The first-order valence-corrected chi connectivity index (χ1v) is 12.3. The van der Waals surface area contributed by atoms with E-state index in [1.165, 1.54) is 24.3 Å². The number of sulfonamides is 1. The van der Waals surface area contributed by atoms with E-state index in [0.29, 0.717) is 16.1 Å². The molecule has 0 aliphatic carbocycles. The van der Waals surface area contributed by atoms with Crippen molar-refractivity contribution >= 4 is 61.5 Å². The van der Waals surface area contributed by atoms with Crippen molar-refractivity contribution in [1.82, 2.24) is 0 Å². The zero-order chi connectivity index (χ0) is 24.4. The summed E-state index contributed by atoms with van der Waals surface area (Å²) in [6.45, 7) is 0.976. The lowest BCUT2D eigenvalue weighted by molar-refractivity contribution is -0.137. The van der Waals surface area contributed by atoms with Crippen LogP contribution >= 0.6 is 34.2 Å². The van der Waals surface area contributed by atoms with Gasteiger partial charge in [-0.2, -0.15) is 13.2 Å². The third kappa shape index (κ3) is 5.98. The lowest BCUT2D eigenvalue weighted by Gasteiger charge is -2.26. The Morgan fingerprint density at radius 1 is 1.06 bits per heavy atom. The van der Waals surface area contributed by atoms with Crippen LogP contribution in [0.5, 0.6) is 0 Å². The van der Waals surface area contributed by atoms with Crippen molar-refractivity contribution in [2.24, 2.45) is 0 Å². The monoisotopic (exact) mass is 608 g/mol. The molecule has 3 aromatic carbocycles. The van der Waals surface area contributed by atoms with Crippen molar-refractivity contribution in [2.45, 2.75) is 18.0 Å². The highest BCUT2D eigenvalue weighted by Gasteiger charge is 2.34. The number of alkyl halides is 3. The molecule has 174 valence electrons. The first kappa shape index (κ1) is 25.3. The van der Waals surface area contributed by atoms with Crippen LogP contribution in [0, 0.1) is 10.5 Å². The van der Waals surface area contributed by atoms with E-state index in [1.807, 2.05) is 6.07 Å². The van der Waals surface area contributed by atoms with Crippen LogP contribution in [0.4, 0.5) is 24.5 Å². The average molecular weight is 609 g/mol. The molecule has 1 amide bonds. The van der Waals surface area contributed by atoms with E-state index in [4.69, 9.17) is 11.6 Å². The van der Waals surface area contributed by atoms with E-state index in [1.54, 1.807) is 25.1 Å². The third-order valence-corrected chi connectivity index (χ3v) is 7.39. The number of carbonyl (C=O) groups excluding carboxylic acids is 1. The van der Waals surface area contributed by atoms with E-state index in [2.05, 4.69) is 27.9 Å². The van der Waals surface area contributed by atoms with E-state index < -0.39 is 39.9 Å². The molecule has 0 aromatic heterocycles. The summed E-state index contributed by atoms with van der Waals surface area (Å²) in [5.41, 5.74) is -0.355. The molecule has 0 heterocycles. The summed E-state index contributed by atoms with van der Waals surface area (Å²) in [6, 6.07) is 14.6. The fourth-order valence-corrected chi connectivity index (χ4v) is 5.36. The molecule has 5 nitrogen and oxygen atoms in total. The molecule has 0 atom stereocenters. The number of amides is 1. The predicted molar refractivity (Wildman–Crippen MR) is 130 cm³/mol. The number of nitrogens with zero attached hydrogens (tertiary/aromatic N) is 1. The van der Waals surface area contributed by atoms with Gasteiger partial charge in [-0.25, -0.2) is 8.42 Å². The van der Waals surface area contributed by atoms with Gasteiger partial charge in [0.2, 0.25) is 5.91 Å². The first-order valence-electron chi connectivity index (χ1n) is 9.40. The summed E-state index contributed by atoms with van der Waals surface area (Å²) < 4.78 is 68.2. The zero-order valence-electron chi connectivity index (χ0n) is 17.0. The summed E-state index contributed by atoms with van der Waals surface area (Å²) >= 11 is 8.22. The highest BCUT2D eigenvalue weighted by atomic mass is 127. The molecular formula is C22H17ClF3IN2O3S. The Labute approximate surface area is 207 Å². The van der Waals surface area contributed by atoms with Gasteiger partial charge in [0.25, 0.3) is 10.0 Å². The van der Waals surface area contributed by atoms with Gasteiger partial charge in [-0.15, -0.1) is 0 Å². The van der Waals surface area contributed by atoms with E-state index in [-0.39, 0.29) is 9.92 Å². The smallest absolute Gasteiger partial charge is 0.324 e. The SMILES string of the molecule is Cc1cc(I)ccc1NC(=O)CN(c1cc(C(F)(F)F)ccc1Cl)S(=O)(=O)c1ccccc1. The maximum Gasteiger partial charge on any atom is 0.416 e. The molecule has 0 fully saturated rings. The van der Waals surface area contributed by atoms with Gasteiger partial charge in [-0.3, -0.25) is 9.10 Å². The van der Waals surface area contributed by atoms with Gasteiger partial charge in [-0.05, 0) is 83.6 Å². The molecule has 1 N–H and O–H groups in total. The molecule has 0 aliphatic heterocycles. The number of halogens is 5. The fraction of sp³-hybridized carbons (Fsp3) is 0.136. The Balaban J connectivity index is 2.06. The molecule has 0 aliphatic rings. The minimum atomic E-state index is -4.73. The maximum absolute atomic E-state index is 13.4. The van der Waals surface area contributed by atoms with Crippen LogP contribution in [-0.4, -0.2) is 20.9 Å². The van der Waals surface area contributed by atoms with Crippen LogP contribution < -0.4 is 9.62 Å². The lowest BCUT2D eigenvalue weighted by Crippen LogP contribution is -2.38. The van der Waals surface area contributed by atoms with Crippen molar-refractivity contribution in [1.29, 1.82) is 0 Å². The lowest BCUT2D eigenvalue weighted by atomic mass is 10.2. The van der Waals surface area contributed by atoms with Gasteiger partial charge in [0.15, 0.2) is 0 Å². The Bertz CT molecular complexity index is 1290. The standard InChI is InChI=1S/C22H17ClF3IN2O3S/c1-14-11-16(27)8-10-19(14)28-21(30)13-29(33(31,32)17-5-3-2-4-6-17)20-12-15(22(24,25)26)7-9-18(20)23/h2-12H,13H2,1H3,(H,28,30). The van der Waals surface area contributed by atoms with Crippen molar-refractivity contribution in [3.05, 3.63) is 86.4 Å². The van der Waals surface area contributed by atoms with Gasteiger partial charge in [-0.1, -0.05) is 29.8 Å². The molecule has 11 heteroatoms. The quantitative estimate of drug-likeness (QED) is 0.344. The Hall–Kier alpha value is -2.31. The fourth-order valence-electron chi connectivity index (χ4n) is 2.99. The highest BCUT2D eigenvalue weighted by molar-refractivity contribution is 14.1. The molecule has 0 saturated heterocycles. The second kappa shape index (κ2) is 9.90. The molecule has 0 bridgehead atoms. The van der Waals surface area contributed by atoms with Crippen LogP contribution in [0.3, 0.4) is 0 Å². The van der Waals surface area contributed by atoms with Crippen LogP contribution in [0.15, 0.2) is 71.6 Å². The highest BCUT2D eigenvalue weighted by Crippen LogP contribution is 2.37. The van der Waals surface area contributed by atoms with Gasteiger partial charge in [0, 0.05) is 9.26 Å². The zero-order valence-corrected chi connectivity index (χ0v) is 20.8. The number of aryl methyl sites for hydroxylation is 1. The van der Waals surface area contributed by atoms with Crippen LogP contribution in [0.25, 0.3) is 0 Å². The van der Waals surface area contributed by atoms with Crippen molar-refractivity contribution in [3.8, 4) is 0 Å². The van der Waals surface area contributed by atoms with E-state index in [0.717, 1.165) is 21.3 Å². The minimum absolute atomic E-state index is 0.197. The molecular weight excluding hydrogens is 592 g/mol. The topological polar surface area (TPSA) is 66.5 Å². The molecule has 0 unspecified atom stereocenters. The molecule has 3 rings (SSSR count). The first-order chi connectivity index (χ1) is 15.4. The third-order valence-electron chi connectivity index (χ3n) is 4.62. The number of benzene rings is 3. The molecule has 0 saturated carbocycles. The molecule has 0 spiro atoms. The van der Waals surface area contributed by atoms with Crippen LogP contribution in [0.2, 0.25) is 5.02 Å². The number of hydrogen-bond donors (Lipinski definition) is 1. The van der Waals surface area contributed by atoms with Crippen molar-refractivity contribution < 1.29 is 26.4 Å². The number of rotatable bonds is 6. The second-order valence-electron chi connectivity index (χ2n) is 7.00. The van der Waals surface area contributed by atoms with Crippen LogP contribution in [0.1, 0.15) is 11.1 Å². The average Bonchev–Trinajstić information content (AvgIpc) is 2.74. The number of anilines is 2. The van der Waals surface area contributed by atoms with Gasteiger partial charge in [0.1, 0.15) is 6.54 Å². The normalized spacial score (nSPS) is 11.8. The number of carbonyl (C=O) groups is 1. The maximum atomic E-state index is 13.4. The molecule has 33 heavy (non-hydrogen) atoms. The number of hydrogen-bond acceptors (Lipinski definition) is 3. The minimum Gasteiger partial charge on any atom is -0.324 e. The molecule has 3 aromatic rings. The van der Waals surface area contributed by atoms with E-state index in [9.17, 15) is 26.4 Å². The Morgan fingerprint density at radius 3 is 2.33 bits per heavy atom. The van der Waals surface area contributed by atoms with E-state index >= 15 is 0 Å². The van der Waals surface area contributed by atoms with Gasteiger partial charge >= 0.3 is 6.18 Å². The predicted octanol–water partition coefficient (Wildman–Crippen LogP) is 6.11. The van der Waals surface area contributed by atoms with Crippen molar-refractivity contribution in [2.75, 3.05) is 16.2 Å². The Kier molecular flexibility index (Phi) is 7.59. The van der Waals surface area contributed by atoms with Crippen LogP contribution in [-0.2, 0) is 21.0 Å². The summed E-state index contributed by atoms with van der Waals surface area (Å²) in [4.78, 5) is 12.6. The summed E-state index contributed by atoms with van der Waals surface area (Å²) in [7, 11) is -4.42. The largest absolute Gasteiger partial charge is 0.416 e. The van der Waals surface area contributed by atoms with Gasteiger partial charge < -0.3 is 5.32 Å². The summed E-state index contributed by atoms with van der Waals surface area (Å²) in [5, 5.41) is 2.36. The van der Waals surface area contributed by atoms with Crippen molar-refractivity contribution in [3.63, 3.8) is 0 Å². The summed E-state index contributed by atoms with van der Waals surface area (Å²) in [6.07, 6.45) is -4.73. The van der Waals surface area contributed by atoms with Gasteiger partial charge in [0.05, 0.1) is 21.2 Å².